The van der Waals surface area contributed by atoms with E-state index in [4.69, 9.17) is 4.74 Å². The Balaban J connectivity index is 1.76. The van der Waals surface area contributed by atoms with Gasteiger partial charge in [0.1, 0.15) is 17.2 Å². The van der Waals surface area contributed by atoms with Crippen molar-refractivity contribution in [3.63, 3.8) is 0 Å². The Labute approximate surface area is 212 Å². The second-order valence-corrected chi connectivity index (χ2v) is 11.8. The van der Waals surface area contributed by atoms with Gasteiger partial charge in [-0.25, -0.2) is 27.3 Å². The van der Waals surface area contributed by atoms with E-state index in [9.17, 15) is 17.6 Å². The second kappa shape index (κ2) is 11.4. The molecule has 1 aromatic heterocycles. The van der Waals surface area contributed by atoms with Crippen LogP contribution in [0, 0.1) is 5.82 Å². The molecule has 0 spiro atoms. The highest BCUT2D eigenvalue weighted by Crippen LogP contribution is 2.28. The molecule has 1 aromatic carbocycles. The van der Waals surface area contributed by atoms with Gasteiger partial charge in [-0.3, -0.25) is 0 Å². The highest BCUT2D eigenvalue weighted by Gasteiger charge is 2.27. The molecule has 10 nitrogen and oxygen atoms in total. The number of piperazine rings is 1. The van der Waals surface area contributed by atoms with Gasteiger partial charge in [0, 0.05) is 50.5 Å². The van der Waals surface area contributed by atoms with Crippen molar-refractivity contribution in [2.24, 2.45) is 0 Å². The van der Waals surface area contributed by atoms with Crippen LogP contribution in [0.5, 0.6) is 0 Å². The molecular weight excluding hydrogens is 487 g/mol. The minimum absolute atomic E-state index is 0.124. The summed E-state index contributed by atoms with van der Waals surface area (Å²) in [6, 6.07) is 5.74. The number of ether oxygens (including phenoxy) is 1. The molecule has 0 radical (unpaired) electrons. The summed E-state index contributed by atoms with van der Waals surface area (Å²) in [6.45, 7) is 11.1. The van der Waals surface area contributed by atoms with Gasteiger partial charge >= 0.3 is 6.09 Å². The summed E-state index contributed by atoms with van der Waals surface area (Å²) in [6.07, 6.45) is 1.28. The van der Waals surface area contributed by atoms with Gasteiger partial charge in [0.05, 0.1) is 5.75 Å². The number of nitrogens with zero attached hydrogens (tertiary/aromatic N) is 4. The lowest BCUT2D eigenvalue weighted by molar-refractivity contribution is 0.0240. The van der Waals surface area contributed by atoms with Gasteiger partial charge in [-0.05, 0) is 52.3 Å². The zero-order valence-corrected chi connectivity index (χ0v) is 22.2. The molecule has 198 valence electrons. The van der Waals surface area contributed by atoms with Crippen LogP contribution in [0.15, 0.2) is 30.5 Å². The number of anilines is 2. The van der Waals surface area contributed by atoms with E-state index in [-0.39, 0.29) is 30.2 Å². The Kier molecular flexibility index (Phi) is 8.72. The Bertz CT molecular complexity index is 1140. The summed E-state index contributed by atoms with van der Waals surface area (Å²) < 4.78 is 45.9. The molecule has 2 N–H and O–H groups in total. The van der Waals surface area contributed by atoms with Crippen LogP contribution < -0.4 is 14.9 Å². The Morgan fingerprint density at radius 3 is 2.36 bits per heavy atom. The van der Waals surface area contributed by atoms with Crippen LogP contribution >= 0.6 is 0 Å². The van der Waals surface area contributed by atoms with Crippen molar-refractivity contribution in [2.75, 3.05) is 48.7 Å². The molecule has 1 fully saturated rings. The molecule has 36 heavy (non-hydrogen) atoms. The fraction of sp³-hybridized carbons (Fsp3) is 0.542. The molecule has 1 amide bonds. The van der Waals surface area contributed by atoms with Crippen molar-refractivity contribution in [1.82, 2.24) is 19.6 Å². The van der Waals surface area contributed by atoms with Crippen LogP contribution in [0.2, 0.25) is 0 Å². The van der Waals surface area contributed by atoms with Crippen molar-refractivity contribution < 1.29 is 22.3 Å². The van der Waals surface area contributed by atoms with E-state index in [0.29, 0.717) is 49.1 Å². The lowest BCUT2D eigenvalue weighted by atomic mass is 10.1. The standard InChI is InChI=1S/C24H35FN6O4S/c1-17(2)29-36(33,34)15-10-26-21-20(18-6-8-19(25)9-7-18)16-27-22(28-21)30-11-13-31(14-12-30)23(32)35-24(3,4)5/h6-9,16-17,29H,10-15H2,1-5H3,(H,26,27,28). The first-order valence-electron chi connectivity index (χ1n) is 11.9. The minimum Gasteiger partial charge on any atom is -0.444 e. The van der Waals surface area contributed by atoms with Gasteiger partial charge in [-0.1, -0.05) is 12.1 Å². The maximum atomic E-state index is 13.5. The molecule has 12 heteroatoms. The van der Waals surface area contributed by atoms with Crippen molar-refractivity contribution in [3.05, 3.63) is 36.3 Å². The van der Waals surface area contributed by atoms with Gasteiger partial charge in [0.25, 0.3) is 0 Å². The molecular formula is C24H35FN6O4S. The Morgan fingerprint density at radius 2 is 1.78 bits per heavy atom. The maximum Gasteiger partial charge on any atom is 0.410 e. The fourth-order valence-corrected chi connectivity index (χ4v) is 4.84. The lowest BCUT2D eigenvalue weighted by Gasteiger charge is -2.35. The number of rotatable bonds is 8. The minimum atomic E-state index is -3.46. The highest BCUT2D eigenvalue weighted by atomic mass is 32.2. The van der Waals surface area contributed by atoms with Gasteiger partial charge in [0.15, 0.2) is 0 Å². The lowest BCUT2D eigenvalue weighted by Crippen LogP contribution is -2.50. The number of carbonyl (C=O) groups is 1. The van der Waals surface area contributed by atoms with Crippen molar-refractivity contribution in [2.45, 2.75) is 46.3 Å². The Morgan fingerprint density at radius 1 is 1.14 bits per heavy atom. The van der Waals surface area contributed by atoms with E-state index in [1.54, 1.807) is 37.1 Å². The third kappa shape index (κ3) is 8.02. The average Bonchev–Trinajstić information content (AvgIpc) is 2.78. The first-order chi connectivity index (χ1) is 16.8. The number of hydrogen-bond acceptors (Lipinski definition) is 8. The van der Waals surface area contributed by atoms with E-state index in [1.807, 2.05) is 25.7 Å². The zero-order chi connectivity index (χ0) is 26.5. The van der Waals surface area contributed by atoms with Gasteiger partial charge < -0.3 is 19.9 Å². The van der Waals surface area contributed by atoms with E-state index in [0.717, 1.165) is 0 Å². The predicted molar refractivity (Wildman–Crippen MR) is 138 cm³/mol. The van der Waals surface area contributed by atoms with E-state index in [2.05, 4.69) is 20.0 Å². The summed E-state index contributed by atoms with van der Waals surface area (Å²) in [5, 5.41) is 3.11. The summed E-state index contributed by atoms with van der Waals surface area (Å²) in [7, 11) is -3.46. The summed E-state index contributed by atoms with van der Waals surface area (Å²) in [4.78, 5) is 25.1. The number of benzene rings is 1. The number of nitrogens with one attached hydrogen (secondary N) is 2. The third-order valence-electron chi connectivity index (χ3n) is 5.22. The highest BCUT2D eigenvalue weighted by molar-refractivity contribution is 7.89. The first kappa shape index (κ1) is 27.6. The molecule has 2 heterocycles. The van der Waals surface area contributed by atoms with E-state index >= 15 is 0 Å². The molecule has 1 aliphatic rings. The summed E-state index contributed by atoms with van der Waals surface area (Å²) >= 11 is 0. The van der Waals surface area contributed by atoms with Gasteiger partial charge in [-0.15, -0.1) is 0 Å². The average molecular weight is 523 g/mol. The van der Waals surface area contributed by atoms with Gasteiger partial charge in [-0.2, -0.15) is 4.98 Å². The fourth-order valence-electron chi connectivity index (χ4n) is 3.64. The molecule has 1 aliphatic heterocycles. The predicted octanol–water partition coefficient (Wildman–Crippen LogP) is 3.08. The smallest absolute Gasteiger partial charge is 0.410 e. The molecule has 0 bridgehead atoms. The molecule has 3 rings (SSSR count). The number of hydrogen-bond donors (Lipinski definition) is 2. The summed E-state index contributed by atoms with van der Waals surface area (Å²) in [5.41, 5.74) is 0.760. The number of carbonyl (C=O) groups excluding carboxylic acids is 1. The molecule has 0 saturated carbocycles. The van der Waals surface area contributed by atoms with Crippen LogP contribution in [-0.2, 0) is 14.8 Å². The van der Waals surface area contributed by atoms with Crippen LogP contribution in [0.4, 0.5) is 21.0 Å². The number of amides is 1. The SMILES string of the molecule is CC(C)NS(=O)(=O)CCNc1nc(N2CCN(C(=O)OC(C)(C)C)CC2)ncc1-c1ccc(F)cc1. The summed E-state index contributed by atoms with van der Waals surface area (Å²) in [5.74, 6) is 0.401. The topological polar surface area (TPSA) is 117 Å². The molecule has 0 aliphatic carbocycles. The normalized spacial score (nSPS) is 14.8. The van der Waals surface area contributed by atoms with Crippen molar-refractivity contribution in [1.29, 1.82) is 0 Å². The monoisotopic (exact) mass is 522 g/mol. The first-order valence-corrected chi connectivity index (χ1v) is 13.6. The van der Waals surface area contributed by atoms with Crippen molar-refractivity contribution >= 4 is 27.9 Å². The van der Waals surface area contributed by atoms with Crippen LogP contribution in [0.25, 0.3) is 11.1 Å². The molecule has 0 atom stereocenters. The zero-order valence-electron chi connectivity index (χ0n) is 21.4. The third-order valence-corrected chi connectivity index (χ3v) is 6.80. The molecule has 1 saturated heterocycles. The van der Waals surface area contributed by atoms with Crippen LogP contribution in [-0.4, -0.2) is 79.5 Å². The van der Waals surface area contributed by atoms with Crippen LogP contribution in [0.1, 0.15) is 34.6 Å². The van der Waals surface area contributed by atoms with Gasteiger partial charge in [0.2, 0.25) is 16.0 Å². The van der Waals surface area contributed by atoms with E-state index < -0.39 is 15.6 Å². The molecule has 0 unspecified atom stereocenters. The quantitative estimate of drug-likeness (QED) is 0.543. The van der Waals surface area contributed by atoms with Crippen LogP contribution in [0.3, 0.4) is 0 Å². The maximum absolute atomic E-state index is 13.5. The largest absolute Gasteiger partial charge is 0.444 e. The van der Waals surface area contributed by atoms with E-state index in [1.165, 1.54) is 12.1 Å². The van der Waals surface area contributed by atoms with Crippen molar-refractivity contribution in [3.8, 4) is 11.1 Å². The number of halogens is 1. The molecule has 2 aromatic rings. The second-order valence-electron chi connectivity index (χ2n) is 9.91. The Hall–Kier alpha value is -2.99. The number of sulfonamides is 1. The number of aromatic nitrogens is 2.